The van der Waals surface area contributed by atoms with Crippen LogP contribution in [0.3, 0.4) is 0 Å². The molecule has 25 heavy (non-hydrogen) atoms. The quantitative estimate of drug-likeness (QED) is 0.821. The summed E-state index contributed by atoms with van der Waals surface area (Å²) in [4.78, 5) is 29.0. The Bertz CT molecular complexity index is 689. The van der Waals surface area contributed by atoms with Crippen LogP contribution in [0, 0.1) is 5.92 Å². The lowest BCUT2D eigenvalue weighted by Gasteiger charge is -2.19. The van der Waals surface area contributed by atoms with E-state index in [4.69, 9.17) is 0 Å². The second-order valence-electron chi connectivity index (χ2n) is 6.85. The fourth-order valence-electron chi connectivity index (χ4n) is 3.28. The van der Waals surface area contributed by atoms with Crippen molar-refractivity contribution in [3.8, 4) is 0 Å². The van der Waals surface area contributed by atoms with Crippen molar-refractivity contribution in [3.05, 3.63) is 40.4 Å². The normalized spacial score (nSPS) is 18.7. The Labute approximate surface area is 152 Å². The van der Waals surface area contributed by atoms with Crippen molar-refractivity contribution in [1.29, 1.82) is 0 Å². The van der Waals surface area contributed by atoms with E-state index in [1.54, 1.807) is 30.3 Å². The number of hydrogen-bond acceptors (Lipinski definition) is 6. The summed E-state index contributed by atoms with van der Waals surface area (Å²) in [6.45, 7) is 3.17. The minimum atomic E-state index is -0.0704. The number of nitrogens with zero attached hydrogens (tertiary/aromatic N) is 5. The maximum atomic E-state index is 12.1. The smallest absolute Gasteiger partial charge is 0.272 e. The van der Waals surface area contributed by atoms with Gasteiger partial charge >= 0.3 is 0 Å². The average molecular weight is 359 g/mol. The molecule has 0 radical (unpaired) electrons. The maximum Gasteiger partial charge on any atom is 0.272 e. The highest BCUT2D eigenvalue weighted by Gasteiger charge is 2.19. The molecule has 0 bridgehead atoms. The predicted molar refractivity (Wildman–Crippen MR) is 98.5 cm³/mol. The Hall–Kier alpha value is -1.86. The molecule has 1 atom stereocenters. The lowest BCUT2D eigenvalue weighted by Crippen LogP contribution is -2.24. The molecule has 1 aliphatic heterocycles. The van der Waals surface area contributed by atoms with Gasteiger partial charge in [-0.1, -0.05) is 0 Å². The van der Waals surface area contributed by atoms with Crippen molar-refractivity contribution in [2.24, 2.45) is 5.92 Å². The number of carbonyl (C=O) groups is 1. The first kappa shape index (κ1) is 17.9. The van der Waals surface area contributed by atoms with E-state index in [0.29, 0.717) is 11.6 Å². The van der Waals surface area contributed by atoms with Crippen LogP contribution < -0.4 is 0 Å². The lowest BCUT2D eigenvalue weighted by atomic mass is 9.95. The number of amides is 1. The molecule has 1 saturated heterocycles. The summed E-state index contributed by atoms with van der Waals surface area (Å²) >= 11 is 1.66. The van der Waals surface area contributed by atoms with Crippen LogP contribution >= 0.6 is 11.3 Å². The monoisotopic (exact) mass is 359 g/mol. The highest BCUT2D eigenvalue weighted by Crippen LogP contribution is 2.22. The highest BCUT2D eigenvalue weighted by molar-refractivity contribution is 7.07. The Balaban J connectivity index is 1.56. The van der Waals surface area contributed by atoms with E-state index >= 15 is 0 Å². The van der Waals surface area contributed by atoms with Gasteiger partial charge in [-0.15, -0.1) is 11.3 Å². The van der Waals surface area contributed by atoms with Gasteiger partial charge in [0.15, 0.2) is 0 Å². The third-order valence-corrected chi connectivity index (χ3v) is 5.29. The maximum absolute atomic E-state index is 12.1. The minimum absolute atomic E-state index is 0.0704. The molecule has 0 aromatic carbocycles. The molecule has 0 aliphatic carbocycles. The molecule has 134 valence electrons. The summed E-state index contributed by atoms with van der Waals surface area (Å²) in [5.74, 6) is 0.539. The van der Waals surface area contributed by atoms with E-state index in [0.717, 1.165) is 38.2 Å². The Morgan fingerprint density at radius 3 is 2.88 bits per heavy atom. The fraction of sp³-hybridized carbons (Fsp3) is 0.556. The largest absolute Gasteiger partial charge is 0.343 e. The minimum Gasteiger partial charge on any atom is -0.343 e. The first-order valence-electron chi connectivity index (χ1n) is 8.74. The molecule has 7 heteroatoms. The average Bonchev–Trinajstić information content (AvgIpc) is 3.02. The van der Waals surface area contributed by atoms with Crippen molar-refractivity contribution in [3.63, 3.8) is 0 Å². The molecule has 3 heterocycles. The standard InChI is InChI=1S/C18H25N5OS/c1-22(2)18(24)17-9-15(19-12-20-17)8-14-4-3-6-23(7-5-14)10-16-11-25-13-21-16/h9,11-14H,3-8,10H2,1-2H3/t14-/m1/s1. The molecule has 0 spiro atoms. The number of likely N-dealkylation sites (tertiary alicyclic amines) is 1. The first-order chi connectivity index (χ1) is 12.1. The van der Waals surface area contributed by atoms with Gasteiger partial charge in [0.25, 0.3) is 5.91 Å². The van der Waals surface area contributed by atoms with E-state index in [-0.39, 0.29) is 5.91 Å². The second kappa shape index (κ2) is 8.49. The summed E-state index contributed by atoms with van der Waals surface area (Å²) in [6, 6.07) is 1.85. The highest BCUT2D eigenvalue weighted by atomic mass is 32.1. The molecule has 0 N–H and O–H groups in total. The SMILES string of the molecule is CN(C)C(=O)c1cc(C[C@@H]2CCCN(Cc3cscn3)CC2)ncn1. The number of carbonyl (C=O) groups excluding carboxylic acids is 1. The molecule has 2 aromatic rings. The number of thiazole rings is 1. The van der Waals surface area contributed by atoms with Gasteiger partial charge in [0.1, 0.15) is 12.0 Å². The van der Waals surface area contributed by atoms with Gasteiger partial charge in [0.05, 0.1) is 11.2 Å². The van der Waals surface area contributed by atoms with Crippen LogP contribution in [-0.4, -0.2) is 57.8 Å². The van der Waals surface area contributed by atoms with E-state index < -0.39 is 0 Å². The van der Waals surface area contributed by atoms with Crippen LogP contribution in [0.15, 0.2) is 23.3 Å². The van der Waals surface area contributed by atoms with E-state index in [1.165, 1.54) is 24.9 Å². The molecule has 1 amide bonds. The van der Waals surface area contributed by atoms with Gasteiger partial charge in [0.2, 0.25) is 0 Å². The van der Waals surface area contributed by atoms with E-state index in [1.807, 2.05) is 11.6 Å². The van der Waals surface area contributed by atoms with E-state index in [2.05, 4.69) is 25.2 Å². The molecular weight excluding hydrogens is 334 g/mol. The zero-order valence-corrected chi connectivity index (χ0v) is 15.7. The molecule has 0 saturated carbocycles. The Morgan fingerprint density at radius 2 is 2.12 bits per heavy atom. The van der Waals surface area contributed by atoms with Gasteiger partial charge in [-0.3, -0.25) is 9.69 Å². The van der Waals surface area contributed by atoms with Crippen molar-refractivity contribution in [2.45, 2.75) is 32.2 Å². The molecule has 1 fully saturated rings. The molecule has 0 unspecified atom stereocenters. The predicted octanol–water partition coefficient (Wildman–Crippen LogP) is 2.48. The zero-order valence-electron chi connectivity index (χ0n) is 14.9. The zero-order chi connectivity index (χ0) is 17.6. The van der Waals surface area contributed by atoms with Crippen molar-refractivity contribution < 1.29 is 4.79 Å². The van der Waals surface area contributed by atoms with Crippen LogP contribution in [0.1, 0.15) is 41.1 Å². The third kappa shape index (κ3) is 5.06. The first-order valence-corrected chi connectivity index (χ1v) is 9.68. The van der Waals surface area contributed by atoms with Gasteiger partial charge in [-0.2, -0.15) is 0 Å². The van der Waals surface area contributed by atoms with Crippen molar-refractivity contribution >= 4 is 17.2 Å². The topological polar surface area (TPSA) is 62.2 Å². The molecule has 2 aromatic heterocycles. The van der Waals surface area contributed by atoms with Crippen molar-refractivity contribution in [1.82, 2.24) is 24.8 Å². The lowest BCUT2D eigenvalue weighted by molar-refractivity contribution is 0.0821. The summed E-state index contributed by atoms with van der Waals surface area (Å²) in [5.41, 5.74) is 4.52. The van der Waals surface area contributed by atoms with Crippen molar-refractivity contribution in [2.75, 3.05) is 27.2 Å². The summed E-state index contributed by atoms with van der Waals surface area (Å²) in [6.07, 6.45) is 5.99. The summed E-state index contributed by atoms with van der Waals surface area (Å²) < 4.78 is 0. The van der Waals surface area contributed by atoms with Gasteiger partial charge in [0, 0.05) is 31.7 Å². The number of hydrogen-bond donors (Lipinski definition) is 0. The van der Waals surface area contributed by atoms with Gasteiger partial charge in [-0.05, 0) is 50.8 Å². The fourth-order valence-corrected chi connectivity index (χ4v) is 3.83. The van der Waals surface area contributed by atoms with Gasteiger partial charge < -0.3 is 4.90 Å². The summed E-state index contributed by atoms with van der Waals surface area (Å²) in [7, 11) is 3.48. The molecule has 3 rings (SSSR count). The van der Waals surface area contributed by atoms with Crippen LogP contribution in [-0.2, 0) is 13.0 Å². The summed E-state index contributed by atoms with van der Waals surface area (Å²) in [5, 5.41) is 2.13. The number of rotatable bonds is 5. The van der Waals surface area contributed by atoms with Crippen LogP contribution in [0.5, 0.6) is 0 Å². The Morgan fingerprint density at radius 1 is 1.24 bits per heavy atom. The molecule has 1 aliphatic rings. The third-order valence-electron chi connectivity index (χ3n) is 4.66. The number of aromatic nitrogens is 3. The van der Waals surface area contributed by atoms with Gasteiger partial charge in [-0.25, -0.2) is 15.0 Å². The molecule has 6 nitrogen and oxygen atoms in total. The van der Waals surface area contributed by atoms with Crippen LogP contribution in [0.2, 0.25) is 0 Å². The van der Waals surface area contributed by atoms with E-state index in [9.17, 15) is 4.79 Å². The van der Waals surface area contributed by atoms with Crippen LogP contribution in [0.4, 0.5) is 0 Å². The second-order valence-corrected chi connectivity index (χ2v) is 7.57. The molecular formula is C18H25N5OS. The van der Waals surface area contributed by atoms with Crippen LogP contribution in [0.25, 0.3) is 0 Å². The Kier molecular flexibility index (Phi) is 6.09.